The Morgan fingerprint density at radius 3 is 2.43 bits per heavy atom. The van der Waals surface area contributed by atoms with Gasteiger partial charge in [-0.3, -0.25) is 4.79 Å². The highest BCUT2D eigenvalue weighted by Gasteiger charge is 2.31. The molecule has 0 saturated heterocycles. The van der Waals surface area contributed by atoms with Crippen LogP contribution < -0.4 is 15.8 Å². The number of carbonyl (C=O) groups is 1. The van der Waals surface area contributed by atoms with Gasteiger partial charge in [-0.15, -0.1) is 13.2 Å². The van der Waals surface area contributed by atoms with E-state index in [1.54, 1.807) is 6.92 Å². The van der Waals surface area contributed by atoms with Gasteiger partial charge in [0.05, 0.1) is 5.92 Å². The van der Waals surface area contributed by atoms with Gasteiger partial charge in [-0.05, 0) is 30.7 Å². The highest BCUT2D eigenvalue weighted by atomic mass is 19.4. The molecule has 0 bridgehead atoms. The molecule has 1 aromatic rings. The summed E-state index contributed by atoms with van der Waals surface area (Å²) >= 11 is 0. The molecule has 0 saturated carbocycles. The molecule has 1 amide bonds. The highest BCUT2D eigenvalue weighted by Crippen LogP contribution is 2.24. The molecule has 0 radical (unpaired) electrons. The van der Waals surface area contributed by atoms with Crippen molar-refractivity contribution in [3.63, 3.8) is 0 Å². The lowest BCUT2D eigenvalue weighted by atomic mass is 10.0. The minimum atomic E-state index is -4.77. The van der Waals surface area contributed by atoms with Crippen LogP contribution in [-0.4, -0.2) is 23.3 Å². The number of rotatable bonds is 5. The summed E-state index contributed by atoms with van der Waals surface area (Å²) in [4.78, 5) is 11.9. The summed E-state index contributed by atoms with van der Waals surface area (Å²) in [6, 6.07) is 4.62. The number of hydrogen-bond donors (Lipinski definition) is 3. The molecule has 21 heavy (non-hydrogen) atoms. The molecule has 0 fully saturated rings. The Bertz CT molecular complexity index is 515. The van der Waals surface area contributed by atoms with Crippen molar-refractivity contribution >= 4 is 17.4 Å². The van der Waals surface area contributed by atoms with Crippen LogP contribution >= 0.6 is 0 Å². The zero-order valence-electron chi connectivity index (χ0n) is 11.0. The molecule has 1 rings (SSSR count). The number of alkyl halides is 3. The quantitative estimate of drug-likeness (QED) is 0.336. The second-order valence-corrected chi connectivity index (χ2v) is 4.05. The van der Waals surface area contributed by atoms with E-state index >= 15 is 0 Å². The fourth-order valence-electron chi connectivity index (χ4n) is 1.57. The maximum absolute atomic E-state index is 12.0. The standard InChI is InChI=1S/C12H14F3N3O3/c1-2-9(10(16)18-20)11(19)17-7-3-5-8(6-4-7)21-12(13,14)15/h3-6,9,20H,2H2,1H3,(H2,16,18)(H,17,19). The smallest absolute Gasteiger partial charge is 0.409 e. The number of amidine groups is 1. The highest BCUT2D eigenvalue weighted by molar-refractivity contribution is 6.07. The number of oxime groups is 1. The first-order valence-electron chi connectivity index (χ1n) is 5.91. The molecule has 0 spiro atoms. The van der Waals surface area contributed by atoms with Crippen molar-refractivity contribution in [2.75, 3.05) is 5.32 Å². The monoisotopic (exact) mass is 305 g/mol. The first kappa shape index (κ1) is 16.6. The Morgan fingerprint density at radius 2 is 2.00 bits per heavy atom. The van der Waals surface area contributed by atoms with Crippen LogP contribution in [-0.2, 0) is 4.79 Å². The summed E-state index contributed by atoms with van der Waals surface area (Å²) in [5.41, 5.74) is 5.63. The predicted molar refractivity (Wildman–Crippen MR) is 68.9 cm³/mol. The number of nitrogens with two attached hydrogens (primary N) is 1. The second kappa shape index (κ2) is 6.82. The van der Waals surface area contributed by atoms with Crippen LogP contribution in [0.25, 0.3) is 0 Å². The molecule has 0 heterocycles. The van der Waals surface area contributed by atoms with Crippen LogP contribution in [0.1, 0.15) is 13.3 Å². The Morgan fingerprint density at radius 1 is 1.43 bits per heavy atom. The van der Waals surface area contributed by atoms with Crippen molar-refractivity contribution < 1.29 is 27.9 Å². The van der Waals surface area contributed by atoms with E-state index < -0.39 is 23.9 Å². The van der Waals surface area contributed by atoms with Gasteiger partial charge in [0.25, 0.3) is 0 Å². The van der Waals surface area contributed by atoms with E-state index in [1.807, 2.05) is 0 Å². The molecule has 4 N–H and O–H groups in total. The minimum absolute atomic E-state index is 0.243. The van der Waals surface area contributed by atoms with Gasteiger partial charge in [0.2, 0.25) is 5.91 Å². The molecule has 0 aliphatic rings. The van der Waals surface area contributed by atoms with Gasteiger partial charge >= 0.3 is 6.36 Å². The van der Waals surface area contributed by atoms with E-state index in [9.17, 15) is 18.0 Å². The number of amides is 1. The molecule has 1 atom stereocenters. The van der Waals surface area contributed by atoms with E-state index in [4.69, 9.17) is 10.9 Å². The van der Waals surface area contributed by atoms with Crippen LogP contribution in [0, 0.1) is 5.92 Å². The largest absolute Gasteiger partial charge is 0.573 e. The molecule has 9 heteroatoms. The van der Waals surface area contributed by atoms with Gasteiger partial charge in [0, 0.05) is 5.69 Å². The first-order chi connectivity index (χ1) is 9.76. The van der Waals surface area contributed by atoms with Crippen molar-refractivity contribution in [2.24, 2.45) is 16.8 Å². The SMILES string of the molecule is CCC(C(=O)Nc1ccc(OC(F)(F)F)cc1)C(N)=NO. The van der Waals surface area contributed by atoms with E-state index in [0.717, 1.165) is 12.1 Å². The van der Waals surface area contributed by atoms with E-state index in [2.05, 4.69) is 15.2 Å². The molecule has 1 aromatic carbocycles. The van der Waals surface area contributed by atoms with Crippen molar-refractivity contribution in [3.05, 3.63) is 24.3 Å². The first-order valence-corrected chi connectivity index (χ1v) is 5.91. The van der Waals surface area contributed by atoms with Crippen molar-refractivity contribution in [1.29, 1.82) is 0 Å². The Labute approximate surface area is 118 Å². The molecular weight excluding hydrogens is 291 g/mol. The van der Waals surface area contributed by atoms with Gasteiger partial charge in [0.1, 0.15) is 5.75 Å². The Kier molecular flexibility index (Phi) is 5.39. The van der Waals surface area contributed by atoms with Gasteiger partial charge in [-0.25, -0.2) is 0 Å². The maximum atomic E-state index is 12.0. The third-order valence-electron chi connectivity index (χ3n) is 2.55. The van der Waals surface area contributed by atoms with Gasteiger partial charge in [-0.1, -0.05) is 12.1 Å². The number of nitrogens with zero attached hydrogens (tertiary/aromatic N) is 1. The van der Waals surface area contributed by atoms with Crippen LogP contribution in [0.15, 0.2) is 29.4 Å². The van der Waals surface area contributed by atoms with Gasteiger partial charge in [0.15, 0.2) is 5.84 Å². The summed E-state index contributed by atoms with van der Waals surface area (Å²) < 4.78 is 39.7. The normalized spacial score (nSPS) is 13.6. The van der Waals surface area contributed by atoms with Gasteiger partial charge in [-0.2, -0.15) is 0 Å². The zero-order chi connectivity index (χ0) is 16.0. The Balaban J connectivity index is 2.73. The fraction of sp³-hybridized carbons (Fsp3) is 0.333. The minimum Gasteiger partial charge on any atom is -0.409 e. The Hall–Kier alpha value is -2.45. The summed E-state index contributed by atoms with van der Waals surface area (Å²) in [6.45, 7) is 1.67. The fourth-order valence-corrected chi connectivity index (χ4v) is 1.57. The number of nitrogens with one attached hydrogen (secondary N) is 1. The van der Waals surface area contributed by atoms with Crippen LogP contribution in [0.5, 0.6) is 5.75 Å². The summed E-state index contributed by atoms with van der Waals surface area (Å²) in [5.74, 6) is -2.01. The molecule has 0 aliphatic heterocycles. The average Bonchev–Trinajstić information content (AvgIpc) is 2.40. The van der Waals surface area contributed by atoms with E-state index in [1.165, 1.54) is 12.1 Å². The van der Waals surface area contributed by atoms with Gasteiger partial charge < -0.3 is 21.0 Å². The summed E-state index contributed by atoms with van der Waals surface area (Å²) in [6.07, 6.45) is -4.47. The zero-order valence-corrected chi connectivity index (χ0v) is 11.0. The molecular formula is C12H14F3N3O3. The number of anilines is 1. The third-order valence-corrected chi connectivity index (χ3v) is 2.55. The topological polar surface area (TPSA) is 96.9 Å². The molecule has 1 unspecified atom stereocenters. The number of benzene rings is 1. The van der Waals surface area contributed by atoms with E-state index in [0.29, 0.717) is 6.42 Å². The van der Waals surface area contributed by atoms with Crippen LogP contribution in [0.2, 0.25) is 0 Å². The summed E-state index contributed by atoms with van der Waals surface area (Å²) in [5, 5.41) is 13.8. The van der Waals surface area contributed by atoms with Crippen molar-refractivity contribution in [2.45, 2.75) is 19.7 Å². The number of hydrogen-bond acceptors (Lipinski definition) is 4. The number of ether oxygens (including phenoxy) is 1. The second-order valence-electron chi connectivity index (χ2n) is 4.05. The maximum Gasteiger partial charge on any atom is 0.573 e. The van der Waals surface area contributed by atoms with Crippen LogP contribution in [0.3, 0.4) is 0 Å². The lowest BCUT2D eigenvalue weighted by molar-refractivity contribution is -0.274. The molecule has 0 aliphatic carbocycles. The van der Waals surface area contributed by atoms with E-state index in [-0.39, 0.29) is 11.5 Å². The number of carbonyl (C=O) groups excluding carboxylic acids is 1. The van der Waals surface area contributed by atoms with Crippen molar-refractivity contribution in [1.82, 2.24) is 0 Å². The lowest BCUT2D eigenvalue weighted by Crippen LogP contribution is -2.34. The lowest BCUT2D eigenvalue weighted by Gasteiger charge is -2.14. The third kappa shape index (κ3) is 5.21. The molecule has 0 aromatic heterocycles. The van der Waals surface area contributed by atoms with Crippen molar-refractivity contribution in [3.8, 4) is 5.75 Å². The predicted octanol–water partition coefficient (Wildman–Crippen LogP) is 2.30. The average molecular weight is 305 g/mol. The number of halogens is 3. The molecule has 116 valence electrons. The summed E-state index contributed by atoms with van der Waals surface area (Å²) in [7, 11) is 0. The van der Waals surface area contributed by atoms with Crippen LogP contribution in [0.4, 0.5) is 18.9 Å². The molecule has 6 nitrogen and oxygen atoms in total.